The Kier molecular flexibility index (Phi) is 5.03. The number of nitrogens with zero attached hydrogens (tertiary/aromatic N) is 1. The van der Waals surface area contributed by atoms with Crippen LogP contribution < -0.4 is 5.73 Å². The maximum atomic E-state index is 5.96. The molecule has 0 unspecified atom stereocenters. The van der Waals surface area contributed by atoms with Gasteiger partial charge in [0.05, 0.1) is 6.10 Å². The summed E-state index contributed by atoms with van der Waals surface area (Å²) >= 11 is 0. The van der Waals surface area contributed by atoms with Crippen LogP contribution in [-0.4, -0.2) is 43.3 Å². The Morgan fingerprint density at radius 3 is 2.40 bits per heavy atom. The minimum Gasteiger partial charge on any atom is -0.381 e. The normalized spacial score (nSPS) is 20.8. The minimum absolute atomic E-state index is 0.00908. The average Bonchev–Trinajstić information content (AvgIpc) is 2.17. The van der Waals surface area contributed by atoms with Crippen molar-refractivity contribution in [2.45, 2.75) is 51.2 Å². The van der Waals surface area contributed by atoms with E-state index in [9.17, 15) is 0 Å². The van der Waals surface area contributed by atoms with Crippen molar-refractivity contribution >= 4 is 0 Å². The Bertz CT molecular complexity index is 169. The van der Waals surface area contributed by atoms with Crippen molar-refractivity contribution in [1.82, 2.24) is 4.90 Å². The summed E-state index contributed by atoms with van der Waals surface area (Å²) in [4.78, 5) is 2.53. The third-order valence-electron chi connectivity index (χ3n) is 3.16. The number of piperidine rings is 1. The van der Waals surface area contributed by atoms with Crippen molar-refractivity contribution in [3.63, 3.8) is 0 Å². The number of rotatable bonds is 5. The molecule has 0 aromatic heterocycles. The van der Waals surface area contributed by atoms with Crippen LogP contribution in [0.4, 0.5) is 0 Å². The Balaban J connectivity index is 2.09. The molecule has 3 heteroatoms. The predicted molar refractivity (Wildman–Crippen MR) is 64.0 cm³/mol. The van der Waals surface area contributed by atoms with E-state index in [0.29, 0.717) is 6.10 Å². The molecule has 1 rings (SSSR count). The molecular formula is C12H26N2O. The maximum Gasteiger partial charge on any atom is 0.0595 e. The first kappa shape index (κ1) is 12.9. The lowest BCUT2D eigenvalue weighted by molar-refractivity contribution is 0.0403. The topological polar surface area (TPSA) is 38.5 Å². The highest BCUT2D eigenvalue weighted by Gasteiger charge is 2.18. The quantitative estimate of drug-likeness (QED) is 0.755. The molecule has 0 amide bonds. The summed E-state index contributed by atoms with van der Waals surface area (Å²) in [7, 11) is 1.82. The lowest BCUT2D eigenvalue weighted by Gasteiger charge is -2.31. The van der Waals surface area contributed by atoms with Crippen molar-refractivity contribution in [3.05, 3.63) is 0 Å². The lowest BCUT2D eigenvalue weighted by atomic mass is 9.99. The smallest absolute Gasteiger partial charge is 0.0595 e. The average molecular weight is 214 g/mol. The summed E-state index contributed by atoms with van der Waals surface area (Å²) in [6.07, 6.45) is 5.18. The zero-order valence-electron chi connectivity index (χ0n) is 10.5. The Labute approximate surface area is 94.0 Å². The third kappa shape index (κ3) is 5.50. The zero-order chi connectivity index (χ0) is 11.3. The minimum atomic E-state index is -0.00908. The number of likely N-dealkylation sites (tertiary alicyclic amines) is 1. The fourth-order valence-electron chi connectivity index (χ4n) is 2.13. The van der Waals surface area contributed by atoms with E-state index in [4.69, 9.17) is 10.5 Å². The number of methoxy groups -OCH3 is 1. The number of hydrogen-bond acceptors (Lipinski definition) is 3. The van der Waals surface area contributed by atoms with Crippen LogP contribution in [0.3, 0.4) is 0 Å². The Morgan fingerprint density at radius 1 is 1.33 bits per heavy atom. The molecule has 90 valence electrons. The summed E-state index contributed by atoms with van der Waals surface area (Å²) in [5, 5.41) is 0. The van der Waals surface area contributed by atoms with Crippen LogP contribution in [0.5, 0.6) is 0 Å². The molecule has 1 heterocycles. The van der Waals surface area contributed by atoms with Crippen molar-refractivity contribution < 1.29 is 4.74 Å². The van der Waals surface area contributed by atoms with Gasteiger partial charge in [0.25, 0.3) is 0 Å². The van der Waals surface area contributed by atoms with E-state index in [1.807, 2.05) is 7.11 Å². The van der Waals surface area contributed by atoms with E-state index in [1.54, 1.807) is 0 Å². The van der Waals surface area contributed by atoms with Crippen molar-refractivity contribution in [3.8, 4) is 0 Å². The lowest BCUT2D eigenvalue weighted by Crippen LogP contribution is -2.38. The molecule has 0 saturated carbocycles. The molecule has 0 aromatic rings. The van der Waals surface area contributed by atoms with E-state index in [-0.39, 0.29) is 5.54 Å². The predicted octanol–water partition coefficient (Wildman–Crippen LogP) is 1.61. The molecule has 0 spiro atoms. The first-order valence-corrected chi connectivity index (χ1v) is 6.05. The van der Waals surface area contributed by atoms with Gasteiger partial charge in [-0.25, -0.2) is 0 Å². The van der Waals surface area contributed by atoms with Gasteiger partial charge in [-0.2, -0.15) is 0 Å². The first-order chi connectivity index (χ1) is 7.01. The molecule has 0 radical (unpaired) electrons. The molecule has 3 nitrogen and oxygen atoms in total. The van der Waals surface area contributed by atoms with Crippen molar-refractivity contribution in [2.75, 3.05) is 26.7 Å². The molecule has 0 atom stereocenters. The largest absolute Gasteiger partial charge is 0.381 e. The van der Waals surface area contributed by atoms with Crippen LogP contribution >= 0.6 is 0 Å². The number of hydrogen-bond donors (Lipinski definition) is 1. The van der Waals surface area contributed by atoms with E-state index >= 15 is 0 Å². The van der Waals surface area contributed by atoms with E-state index in [0.717, 1.165) is 6.42 Å². The van der Waals surface area contributed by atoms with Gasteiger partial charge in [-0.15, -0.1) is 0 Å². The van der Waals surface area contributed by atoms with Crippen LogP contribution in [0.2, 0.25) is 0 Å². The highest BCUT2D eigenvalue weighted by atomic mass is 16.5. The van der Waals surface area contributed by atoms with E-state index < -0.39 is 0 Å². The Hall–Kier alpha value is -0.120. The molecule has 0 bridgehead atoms. The zero-order valence-corrected chi connectivity index (χ0v) is 10.5. The fourth-order valence-corrected chi connectivity index (χ4v) is 2.13. The second-order valence-electron chi connectivity index (χ2n) is 5.37. The summed E-state index contributed by atoms with van der Waals surface area (Å²) in [6.45, 7) is 7.76. The van der Waals surface area contributed by atoms with Crippen LogP contribution in [0.25, 0.3) is 0 Å². The first-order valence-electron chi connectivity index (χ1n) is 6.05. The van der Waals surface area contributed by atoms with Gasteiger partial charge in [0.15, 0.2) is 0 Å². The van der Waals surface area contributed by atoms with Crippen molar-refractivity contribution in [2.24, 2.45) is 5.73 Å². The molecule has 15 heavy (non-hydrogen) atoms. The maximum absolute atomic E-state index is 5.96. The van der Waals surface area contributed by atoms with Gasteiger partial charge in [0.2, 0.25) is 0 Å². The second kappa shape index (κ2) is 5.83. The molecular weight excluding hydrogens is 188 g/mol. The molecule has 1 aliphatic heterocycles. The Morgan fingerprint density at radius 2 is 1.93 bits per heavy atom. The third-order valence-corrected chi connectivity index (χ3v) is 3.16. The molecule has 0 aromatic carbocycles. The van der Waals surface area contributed by atoms with Gasteiger partial charge in [-0.05, 0) is 46.1 Å². The van der Waals surface area contributed by atoms with Crippen LogP contribution in [0, 0.1) is 0 Å². The molecule has 1 saturated heterocycles. The van der Waals surface area contributed by atoms with E-state index in [2.05, 4.69) is 18.7 Å². The standard InChI is InChI=1S/C12H26N2O/c1-12(2,13)7-4-8-14-9-5-11(15-3)6-10-14/h11H,4-10,13H2,1-3H3. The van der Waals surface area contributed by atoms with Crippen LogP contribution in [0.1, 0.15) is 39.5 Å². The second-order valence-corrected chi connectivity index (χ2v) is 5.37. The summed E-state index contributed by atoms with van der Waals surface area (Å²) < 4.78 is 5.35. The molecule has 0 aliphatic carbocycles. The fraction of sp³-hybridized carbons (Fsp3) is 1.00. The SMILES string of the molecule is COC1CCN(CCCC(C)(C)N)CC1. The summed E-state index contributed by atoms with van der Waals surface area (Å²) in [6, 6.07) is 0. The molecule has 1 fully saturated rings. The molecule has 2 N–H and O–H groups in total. The van der Waals surface area contributed by atoms with Gasteiger partial charge in [0.1, 0.15) is 0 Å². The van der Waals surface area contributed by atoms with E-state index in [1.165, 1.54) is 38.9 Å². The number of nitrogens with two attached hydrogens (primary N) is 1. The van der Waals surface area contributed by atoms with Gasteiger partial charge in [-0.3, -0.25) is 0 Å². The van der Waals surface area contributed by atoms with Crippen LogP contribution in [0.15, 0.2) is 0 Å². The number of ether oxygens (including phenoxy) is 1. The monoisotopic (exact) mass is 214 g/mol. The van der Waals surface area contributed by atoms with Gasteiger partial charge in [-0.1, -0.05) is 0 Å². The van der Waals surface area contributed by atoms with Gasteiger partial charge < -0.3 is 15.4 Å². The molecule has 1 aliphatic rings. The summed E-state index contributed by atoms with van der Waals surface area (Å²) in [5.74, 6) is 0. The van der Waals surface area contributed by atoms with Gasteiger partial charge >= 0.3 is 0 Å². The van der Waals surface area contributed by atoms with Gasteiger partial charge in [0, 0.05) is 25.7 Å². The highest BCUT2D eigenvalue weighted by molar-refractivity contribution is 4.75. The van der Waals surface area contributed by atoms with Crippen LogP contribution in [-0.2, 0) is 4.74 Å². The summed E-state index contributed by atoms with van der Waals surface area (Å²) in [5.41, 5.74) is 5.95. The highest BCUT2D eigenvalue weighted by Crippen LogP contribution is 2.14. The van der Waals surface area contributed by atoms with Crippen molar-refractivity contribution in [1.29, 1.82) is 0 Å².